The van der Waals surface area contributed by atoms with Crippen LogP contribution in [-0.4, -0.2) is 10.9 Å². The second-order valence-electron chi connectivity index (χ2n) is 3.44. The average molecular weight is 251 g/mol. The monoisotopic (exact) mass is 251 g/mol. The van der Waals surface area contributed by atoms with Crippen LogP contribution >= 0.6 is 11.3 Å². The summed E-state index contributed by atoms with van der Waals surface area (Å²) in [6.07, 6.45) is 1.46. The second-order valence-corrected chi connectivity index (χ2v) is 4.67. The number of carbonyl (C=O) groups excluding carboxylic acids is 1. The Balaban J connectivity index is 2.18. The van der Waals surface area contributed by atoms with Gasteiger partial charge in [0.1, 0.15) is 10.7 Å². The molecule has 2 rings (SSSR count). The number of nitrogens with one attached hydrogen (secondary N) is 1. The highest BCUT2D eigenvalue weighted by atomic mass is 32.1. The van der Waals surface area contributed by atoms with E-state index in [1.54, 1.807) is 6.92 Å². The number of aromatic nitrogens is 1. The van der Waals surface area contributed by atoms with Crippen LogP contribution in [0.3, 0.4) is 0 Å². The van der Waals surface area contributed by atoms with E-state index in [1.807, 2.05) is 0 Å². The van der Waals surface area contributed by atoms with Crippen LogP contribution in [-0.2, 0) is 0 Å². The molecule has 1 aromatic carbocycles. The van der Waals surface area contributed by atoms with Gasteiger partial charge in [-0.05, 0) is 25.1 Å². The Morgan fingerprint density at radius 3 is 2.88 bits per heavy atom. The van der Waals surface area contributed by atoms with Gasteiger partial charge in [0, 0.05) is 5.69 Å². The van der Waals surface area contributed by atoms with Crippen molar-refractivity contribution in [2.24, 2.45) is 0 Å². The predicted molar refractivity (Wildman–Crippen MR) is 65.6 cm³/mol. The van der Waals surface area contributed by atoms with Crippen molar-refractivity contribution >= 4 is 28.6 Å². The fourth-order valence-corrected chi connectivity index (χ4v) is 1.96. The third-order valence-corrected chi connectivity index (χ3v) is 3.00. The number of hydrogen-bond donors (Lipinski definition) is 2. The first-order valence-electron chi connectivity index (χ1n) is 4.85. The maximum atomic E-state index is 13.4. The second kappa shape index (κ2) is 4.50. The molecule has 0 saturated carbocycles. The third kappa shape index (κ3) is 2.59. The molecule has 17 heavy (non-hydrogen) atoms. The first kappa shape index (κ1) is 11.5. The van der Waals surface area contributed by atoms with Crippen LogP contribution < -0.4 is 11.1 Å². The molecule has 3 N–H and O–H groups in total. The van der Waals surface area contributed by atoms with Crippen LogP contribution in [0.2, 0.25) is 0 Å². The lowest BCUT2D eigenvalue weighted by Gasteiger charge is -2.05. The number of benzene rings is 1. The van der Waals surface area contributed by atoms with Gasteiger partial charge in [0.15, 0.2) is 0 Å². The van der Waals surface area contributed by atoms with E-state index in [0.29, 0.717) is 10.6 Å². The van der Waals surface area contributed by atoms with E-state index in [2.05, 4.69) is 10.3 Å². The predicted octanol–water partition coefficient (Wildman–Crippen LogP) is 2.43. The van der Waals surface area contributed by atoms with Crippen LogP contribution in [0.15, 0.2) is 24.4 Å². The molecule has 1 amide bonds. The van der Waals surface area contributed by atoms with Gasteiger partial charge in [-0.3, -0.25) is 4.79 Å². The summed E-state index contributed by atoms with van der Waals surface area (Å²) in [5.74, 6) is -0.932. The quantitative estimate of drug-likeness (QED) is 0.805. The Morgan fingerprint density at radius 2 is 2.29 bits per heavy atom. The number of carbonyl (C=O) groups is 1. The number of halogens is 1. The zero-order valence-corrected chi connectivity index (χ0v) is 9.84. The smallest absolute Gasteiger partial charge is 0.267 e. The molecular formula is C11H10FN3OS. The van der Waals surface area contributed by atoms with Gasteiger partial charge >= 0.3 is 0 Å². The van der Waals surface area contributed by atoms with Gasteiger partial charge in [-0.2, -0.15) is 0 Å². The maximum Gasteiger partial charge on any atom is 0.267 e. The Bertz CT molecular complexity index is 568. The molecule has 0 unspecified atom stereocenters. The van der Waals surface area contributed by atoms with Crippen LogP contribution in [0.5, 0.6) is 0 Å². The largest absolute Gasteiger partial charge is 0.399 e. The van der Waals surface area contributed by atoms with Gasteiger partial charge in [0.2, 0.25) is 0 Å². The lowest BCUT2D eigenvalue weighted by atomic mass is 10.2. The Hall–Kier alpha value is -1.95. The standard InChI is InChI=1S/C11H10FN3OS/c1-6-14-5-10(17-6)11(16)15-9-3-2-7(13)4-8(9)12/h2-5H,13H2,1H3,(H,15,16). The molecule has 4 nitrogen and oxygen atoms in total. The van der Waals surface area contributed by atoms with E-state index in [0.717, 1.165) is 11.1 Å². The van der Waals surface area contributed by atoms with Gasteiger partial charge in [0.25, 0.3) is 5.91 Å². The molecule has 0 aliphatic heterocycles. The van der Waals surface area contributed by atoms with Crippen LogP contribution in [0.4, 0.5) is 15.8 Å². The van der Waals surface area contributed by atoms with Crippen molar-refractivity contribution in [1.29, 1.82) is 0 Å². The van der Waals surface area contributed by atoms with Gasteiger partial charge in [-0.25, -0.2) is 9.37 Å². The van der Waals surface area contributed by atoms with Gasteiger partial charge in [-0.15, -0.1) is 11.3 Å². The molecule has 0 aliphatic rings. The van der Waals surface area contributed by atoms with Crippen molar-refractivity contribution in [2.75, 3.05) is 11.1 Å². The number of anilines is 2. The van der Waals surface area contributed by atoms with Crippen molar-refractivity contribution in [1.82, 2.24) is 4.98 Å². The number of thiazole rings is 1. The molecule has 0 fully saturated rings. The zero-order chi connectivity index (χ0) is 12.4. The SMILES string of the molecule is Cc1ncc(C(=O)Nc2ccc(N)cc2F)s1. The van der Waals surface area contributed by atoms with E-state index >= 15 is 0 Å². The number of aryl methyl sites for hydroxylation is 1. The summed E-state index contributed by atoms with van der Waals surface area (Å²) in [5, 5.41) is 3.25. The molecule has 0 spiro atoms. The fourth-order valence-electron chi connectivity index (χ4n) is 1.28. The highest BCUT2D eigenvalue weighted by molar-refractivity contribution is 7.13. The van der Waals surface area contributed by atoms with Crippen molar-refractivity contribution in [3.63, 3.8) is 0 Å². The molecule has 0 radical (unpaired) electrons. The van der Waals surface area contributed by atoms with Crippen LogP contribution in [0, 0.1) is 12.7 Å². The normalized spacial score (nSPS) is 10.2. The summed E-state index contributed by atoms with van der Waals surface area (Å²) in [6.45, 7) is 1.80. The molecule has 0 aliphatic carbocycles. The van der Waals surface area contributed by atoms with E-state index in [-0.39, 0.29) is 11.6 Å². The van der Waals surface area contributed by atoms with Crippen LogP contribution in [0.25, 0.3) is 0 Å². The first-order chi connectivity index (χ1) is 8.06. The summed E-state index contributed by atoms with van der Waals surface area (Å²) >= 11 is 1.25. The summed E-state index contributed by atoms with van der Waals surface area (Å²) in [5.41, 5.74) is 5.83. The number of amides is 1. The van der Waals surface area contributed by atoms with E-state index < -0.39 is 5.82 Å². The van der Waals surface area contributed by atoms with Crippen molar-refractivity contribution in [3.05, 3.63) is 40.1 Å². The fraction of sp³-hybridized carbons (Fsp3) is 0.0909. The molecular weight excluding hydrogens is 241 g/mol. The van der Waals surface area contributed by atoms with Crippen LogP contribution in [0.1, 0.15) is 14.7 Å². The minimum atomic E-state index is -0.556. The topological polar surface area (TPSA) is 68.0 Å². The third-order valence-electron chi connectivity index (χ3n) is 2.09. The van der Waals surface area contributed by atoms with E-state index in [4.69, 9.17) is 5.73 Å². The number of nitrogens with two attached hydrogens (primary N) is 1. The van der Waals surface area contributed by atoms with Crippen molar-refractivity contribution < 1.29 is 9.18 Å². The van der Waals surface area contributed by atoms with Crippen molar-refractivity contribution in [2.45, 2.75) is 6.92 Å². The Morgan fingerprint density at radius 1 is 1.53 bits per heavy atom. The molecule has 88 valence electrons. The van der Waals surface area contributed by atoms with Crippen molar-refractivity contribution in [3.8, 4) is 0 Å². The maximum absolute atomic E-state index is 13.4. The molecule has 2 aromatic rings. The zero-order valence-electron chi connectivity index (χ0n) is 9.03. The van der Waals surface area contributed by atoms with E-state index in [1.165, 1.54) is 29.7 Å². The summed E-state index contributed by atoms with van der Waals surface area (Å²) < 4.78 is 13.4. The van der Waals surface area contributed by atoms with Gasteiger partial charge < -0.3 is 11.1 Å². The van der Waals surface area contributed by atoms with E-state index in [9.17, 15) is 9.18 Å². The molecule has 6 heteroatoms. The number of nitrogen functional groups attached to an aromatic ring is 1. The molecule has 1 aromatic heterocycles. The van der Waals surface area contributed by atoms with Gasteiger partial charge in [0.05, 0.1) is 16.9 Å². The lowest BCUT2D eigenvalue weighted by molar-refractivity contribution is 0.103. The number of nitrogens with zero attached hydrogens (tertiary/aromatic N) is 1. The Kier molecular flexibility index (Phi) is 3.06. The number of rotatable bonds is 2. The average Bonchev–Trinajstić information content (AvgIpc) is 2.69. The summed E-state index contributed by atoms with van der Waals surface area (Å²) in [7, 11) is 0. The molecule has 0 saturated heterocycles. The first-order valence-corrected chi connectivity index (χ1v) is 5.67. The molecule has 1 heterocycles. The Labute approximate surface area is 101 Å². The van der Waals surface area contributed by atoms with Gasteiger partial charge in [-0.1, -0.05) is 0 Å². The minimum Gasteiger partial charge on any atom is -0.399 e. The highest BCUT2D eigenvalue weighted by Gasteiger charge is 2.11. The lowest BCUT2D eigenvalue weighted by Crippen LogP contribution is -2.11. The minimum absolute atomic E-state index is 0.107. The highest BCUT2D eigenvalue weighted by Crippen LogP contribution is 2.19. The number of hydrogen-bond acceptors (Lipinski definition) is 4. The summed E-state index contributed by atoms with van der Waals surface area (Å²) in [6, 6.07) is 4.11. The summed E-state index contributed by atoms with van der Waals surface area (Å²) in [4.78, 5) is 16.1. The molecule has 0 bridgehead atoms. The molecule has 0 atom stereocenters.